The van der Waals surface area contributed by atoms with Crippen molar-refractivity contribution in [1.29, 1.82) is 0 Å². The number of nitrogens with one attached hydrogen (secondary N) is 1. The van der Waals surface area contributed by atoms with E-state index in [2.05, 4.69) is 16.6 Å². The molecule has 0 unspecified atom stereocenters. The maximum Gasteiger partial charge on any atom is 0.0534 e. The van der Waals surface area contributed by atoms with Gasteiger partial charge in [0.1, 0.15) is 0 Å². The molecule has 1 heterocycles. The zero-order chi connectivity index (χ0) is 9.10. The van der Waals surface area contributed by atoms with Crippen LogP contribution in [-0.2, 0) is 13.6 Å². The van der Waals surface area contributed by atoms with E-state index in [1.165, 1.54) is 31.2 Å². The predicted molar refractivity (Wildman–Crippen MR) is 52.3 cm³/mol. The van der Waals surface area contributed by atoms with Crippen LogP contribution in [0.5, 0.6) is 0 Å². The third-order valence-corrected chi connectivity index (χ3v) is 2.71. The predicted octanol–water partition coefficient (Wildman–Crippen LogP) is 1.45. The average Bonchev–Trinajstić information content (AvgIpc) is 2.71. The summed E-state index contributed by atoms with van der Waals surface area (Å²) in [6.07, 6.45) is 9.49. The Hall–Kier alpha value is -0.830. The van der Waals surface area contributed by atoms with Gasteiger partial charge >= 0.3 is 0 Å². The summed E-state index contributed by atoms with van der Waals surface area (Å²) in [5, 5.41) is 7.70. The molecule has 1 aliphatic carbocycles. The van der Waals surface area contributed by atoms with E-state index >= 15 is 0 Å². The van der Waals surface area contributed by atoms with E-state index in [9.17, 15) is 0 Å². The molecule has 1 aromatic rings. The lowest BCUT2D eigenvalue weighted by Gasteiger charge is -2.09. The van der Waals surface area contributed by atoms with E-state index < -0.39 is 0 Å². The molecule has 1 aliphatic rings. The topological polar surface area (TPSA) is 29.9 Å². The maximum atomic E-state index is 4.14. The molecule has 0 bridgehead atoms. The quantitative estimate of drug-likeness (QED) is 0.761. The van der Waals surface area contributed by atoms with E-state index in [4.69, 9.17) is 0 Å². The van der Waals surface area contributed by atoms with Gasteiger partial charge in [0.25, 0.3) is 0 Å². The van der Waals surface area contributed by atoms with Crippen molar-refractivity contribution < 1.29 is 0 Å². The summed E-state index contributed by atoms with van der Waals surface area (Å²) in [7, 11) is 1.96. The molecule has 0 amide bonds. The van der Waals surface area contributed by atoms with Crippen molar-refractivity contribution in [3.05, 3.63) is 18.0 Å². The summed E-state index contributed by atoms with van der Waals surface area (Å²) in [6, 6.07) is 0.750. The highest BCUT2D eigenvalue weighted by Gasteiger charge is 2.13. The van der Waals surface area contributed by atoms with Crippen LogP contribution < -0.4 is 5.32 Å². The Labute approximate surface area is 79.1 Å². The van der Waals surface area contributed by atoms with Gasteiger partial charge in [0.15, 0.2) is 0 Å². The van der Waals surface area contributed by atoms with Crippen molar-refractivity contribution >= 4 is 0 Å². The Kier molecular flexibility index (Phi) is 2.64. The van der Waals surface area contributed by atoms with Crippen LogP contribution in [0.3, 0.4) is 0 Å². The molecule has 1 N–H and O–H groups in total. The average molecular weight is 179 g/mol. The highest BCUT2D eigenvalue weighted by atomic mass is 15.2. The van der Waals surface area contributed by atoms with Crippen LogP contribution in [0.15, 0.2) is 12.4 Å². The van der Waals surface area contributed by atoms with Gasteiger partial charge in [-0.15, -0.1) is 0 Å². The zero-order valence-electron chi connectivity index (χ0n) is 8.16. The molecule has 0 radical (unpaired) electrons. The summed E-state index contributed by atoms with van der Waals surface area (Å²) in [6.45, 7) is 0.971. The van der Waals surface area contributed by atoms with Crippen molar-refractivity contribution in [2.75, 3.05) is 0 Å². The van der Waals surface area contributed by atoms with E-state index in [0.717, 1.165) is 12.6 Å². The minimum atomic E-state index is 0.750. The van der Waals surface area contributed by atoms with Gasteiger partial charge in [-0.3, -0.25) is 4.68 Å². The van der Waals surface area contributed by atoms with Crippen LogP contribution in [-0.4, -0.2) is 15.8 Å². The van der Waals surface area contributed by atoms with Gasteiger partial charge in [0.2, 0.25) is 0 Å². The van der Waals surface area contributed by atoms with Gasteiger partial charge < -0.3 is 5.32 Å². The Bertz CT molecular complexity index is 261. The summed E-state index contributed by atoms with van der Waals surface area (Å²) >= 11 is 0. The molecule has 1 aromatic heterocycles. The molecule has 72 valence electrons. The number of aryl methyl sites for hydroxylation is 1. The molecule has 0 saturated heterocycles. The van der Waals surface area contributed by atoms with Gasteiger partial charge in [0, 0.05) is 31.4 Å². The summed E-state index contributed by atoms with van der Waals surface area (Å²) in [5.74, 6) is 0. The highest BCUT2D eigenvalue weighted by Crippen LogP contribution is 2.17. The smallest absolute Gasteiger partial charge is 0.0534 e. The molecule has 13 heavy (non-hydrogen) atoms. The first-order valence-electron chi connectivity index (χ1n) is 5.05. The monoisotopic (exact) mass is 179 g/mol. The van der Waals surface area contributed by atoms with E-state index in [1.54, 1.807) is 0 Å². The Morgan fingerprint density at radius 2 is 2.31 bits per heavy atom. The number of rotatable bonds is 3. The molecule has 0 spiro atoms. The van der Waals surface area contributed by atoms with E-state index in [-0.39, 0.29) is 0 Å². The van der Waals surface area contributed by atoms with Gasteiger partial charge in [-0.05, 0) is 12.8 Å². The zero-order valence-corrected chi connectivity index (χ0v) is 8.16. The molecule has 2 rings (SSSR count). The standard InChI is InChI=1S/C10H17N3/c1-13-8-9(7-12-13)6-11-10-4-2-3-5-10/h7-8,10-11H,2-6H2,1H3. The van der Waals surface area contributed by atoms with Crippen LogP contribution in [0.1, 0.15) is 31.2 Å². The second kappa shape index (κ2) is 3.92. The second-order valence-corrected chi connectivity index (χ2v) is 3.88. The molecule has 0 aromatic carbocycles. The lowest BCUT2D eigenvalue weighted by molar-refractivity contribution is 0.524. The molecular weight excluding hydrogens is 162 g/mol. The molecule has 3 nitrogen and oxygen atoms in total. The van der Waals surface area contributed by atoms with Crippen LogP contribution in [0.2, 0.25) is 0 Å². The Morgan fingerprint density at radius 3 is 2.92 bits per heavy atom. The minimum absolute atomic E-state index is 0.750. The first kappa shape index (κ1) is 8.75. The van der Waals surface area contributed by atoms with Crippen molar-refractivity contribution in [3.63, 3.8) is 0 Å². The highest BCUT2D eigenvalue weighted by molar-refractivity contribution is 5.03. The Balaban J connectivity index is 1.78. The molecule has 0 aliphatic heterocycles. The van der Waals surface area contributed by atoms with Crippen molar-refractivity contribution in [2.24, 2.45) is 7.05 Å². The largest absolute Gasteiger partial charge is 0.310 e. The number of nitrogens with zero attached hydrogens (tertiary/aromatic N) is 2. The van der Waals surface area contributed by atoms with Crippen molar-refractivity contribution in [2.45, 2.75) is 38.3 Å². The normalized spacial score (nSPS) is 18.2. The minimum Gasteiger partial charge on any atom is -0.310 e. The van der Waals surface area contributed by atoms with Crippen molar-refractivity contribution in [3.8, 4) is 0 Å². The fourth-order valence-corrected chi connectivity index (χ4v) is 1.96. The van der Waals surface area contributed by atoms with E-state index in [0.29, 0.717) is 0 Å². The third kappa shape index (κ3) is 2.31. The fourth-order valence-electron chi connectivity index (χ4n) is 1.96. The van der Waals surface area contributed by atoms with Crippen LogP contribution in [0.25, 0.3) is 0 Å². The number of hydrogen-bond acceptors (Lipinski definition) is 2. The maximum absolute atomic E-state index is 4.14. The summed E-state index contributed by atoms with van der Waals surface area (Å²) in [4.78, 5) is 0. The number of hydrogen-bond donors (Lipinski definition) is 1. The molecule has 0 atom stereocenters. The molecular formula is C10H17N3. The third-order valence-electron chi connectivity index (χ3n) is 2.71. The van der Waals surface area contributed by atoms with Crippen molar-refractivity contribution in [1.82, 2.24) is 15.1 Å². The molecule has 3 heteroatoms. The van der Waals surface area contributed by atoms with Crippen LogP contribution in [0, 0.1) is 0 Å². The lowest BCUT2D eigenvalue weighted by Crippen LogP contribution is -2.24. The first-order chi connectivity index (χ1) is 6.34. The molecule has 1 saturated carbocycles. The fraction of sp³-hybridized carbons (Fsp3) is 0.700. The van der Waals surface area contributed by atoms with Gasteiger partial charge in [-0.25, -0.2) is 0 Å². The number of aromatic nitrogens is 2. The Morgan fingerprint density at radius 1 is 1.54 bits per heavy atom. The first-order valence-corrected chi connectivity index (χ1v) is 5.05. The summed E-state index contributed by atoms with van der Waals surface area (Å²) in [5.41, 5.74) is 1.29. The molecule has 1 fully saturated rings. The van der Waals surface area contributed by atoms with Gasteiger partial charge in [0.05, 0.1) is 6.20 Å². The van der Waals surface area contributed by atoms with Gasteiger partial charge in [-0.1, -0.05) is 12.8 Å². The lowest BCUT2D eigenvalue weighted by atomic mass is 10.2. The van der Waals surface area contributed by atoms with Crippen LogP contribution in [0.4, 0.5) is 0 Å². The summed E-state index contributed by atoms with van der Waals surface area (Å²) < 4.78 is 1.85. The van der Waals surface area contributed by atoms with E-state index in [1.807, 2.05) is 17.9 Å². The van der Waals surface area contributed by atoms with Crippen LogP contribution >= 0.6 is 0 Å². The second-order valence-electron chi connectivity index (χ2n) is 3.88. The van der Waals surface area contributed by atoms with Gasteiger partial charge in [-0.2, -0.15) is 5.10 Å². The SMILES string of the molecule is Cn1cc(CNC2CCCC2)cn1.